The molecule has 0 aliphatic heterocycles. The third-order valence-corrected chi connectivity index (χ3v) is 4.83. The van der Waals surface area contributed by atoms with Crippen molar-refractivity contribution in [3.8, 4) is 11.3 Å². The second-order valence-electron chi connectivity index (χ2n) is 5.56. The van der Waals surface area contributed by atoms with Crippen LogP contribution in [0, 0.1) is 6.92 Å². The topological polar surface area (TPSA) is 42.9 Å². The van der Waals surface area contributed by atoms with Crippen LogP contribution in [0.3, 0.4) is 0 Å². The van der Waals surface area contributed by atoms with Crippen molar-refractivity contribution >= 4 is 17.5 Å². The van der Waals surface area contributed by atoms with Crippen LogP contribution in [-0.2, 0) is 4.79 Å². The fourth-order valence-corrected chi connectivity index (χ4v) is 3.49. The Bertz CT molecular complexity index is 835. The molecule has 0 aliphatic rings. The minimum Gasteiger partial charge on any atom is -0.298 e. The van der Waals surface area contributed by atoms with Gasteiger partial charge in [0, 0.05) is 11.3 Å². The molecule has 24 heavy (non-hydrogen) atoms. The van der Waals surface area contributed by atoms with E-state index >= 15 is 0 Å². The van der Waals surface area contributed by atoms with Crippen molar-refractivity contribution in [3.63, 3.8) is 0 Å². The fraction of sp³-hybridized carbons (Fsp3) is 0.150. The van der Waals surface area contributed by atoms with Crippen LogP contribution in [0.4, 0.5) is 0 Å². The minimum absolute atomic E-state index is 0.0950. The largest absolute Gasteiger partial charge is 0.298 e. The van der Waals surface area contributed by atoms with E-state index in [2.05, 4.69) is 9.97 Å². The fourth-order valence-electron chi connectivity index (χ4n) is 2.47. The van der Waals surface area contributed by atoms with Gasteiger partial charge in [0.05, 0.1) is 10.9 Å². The monoisotopic (exact) mass is 334 g/mol. The van der Waals surface area contributed by atoms with Gasteiger partial charge in [-0.05, 0) is 25.5 Å². The number of ketones is 1. The van der Waals surface area contributed by atoms with Gasteiger partial charge in [-0.2, -0.15) is 0 Å². The molecule has 0 amide bonds. The molecule has 0 spiro atoms. The first-order valence-electron chi connectivity index (χ1n) is 7.76. The summed E-state index contributed by atoms with van der Waals surface area (Å²) >= 11 is 1.40. The minimum atomic E-state index is -0.295. The lowest BCUT2D eigenvalue weighted by Gasteiger charge is -2.14. The Morgan fingerprint density at radius 2 is 1.58 bits per heavy atom. The van der Waals surface area contributed by atoms with Gasteiger partial charge in [-0.15, -0.1) is 0 Å². The van der Waals surface area contributed by atoms with E-state index < -0.39 is 0 Å². The lowest BCUT2D eigenvalue weighted by Crippen LogP contribution is -2.06. The first-order chi connectivity index (χ1) is 11.6. The van der Waals surface area contributed by atoms with E-state index in [1.807, 2.05) is 73.7 Å². The number of aryl methyl sites for hydroxylation is 1. The number of hydrogen-bond acceptors (Lipinski definition) is 4. The molecule has 4 heteroatoms. The van der Waals surface area contributed by atoms with Gasteiger partial charge in [-0.25, -0.2) is 9.97 Å². The molecule has 0 radical (unpaired) electrons. The van der Waals surface area contributed by atoms with E-state index in [-0.39, 0.29) is 11.0 Å². The predicted molar refractivity (Wildman–Crippen MR) is 97.9 cm³/mol. The number of carbonyl (C=O) groups excluding carboxylic acids is 1. The molecule has 0 saturated heterocycles. The van der Waals surface area contributed by atoms with Crippen LogP contribution in [0.25, 0.3) is 11.3 Å². The number of hydrogen-bond donors (Lipinski definition) is 0. The zero-order valence-corrected chi connectivity index (χ0v) is 14.5. The summed E-state index contributed by atoms with van der Waals surface area (Å²) in [5.74, 6) is 0.0950. The number of nitrogens with zero attached hydrogens (tertiary/aromatic N) is 2. The highest BCUT2D eigenvalue weighted by atomic mass is 32.2. The van der Waals surface area contributed by atoms with Crippen LogP contribution < -0.4 is 0 Å². The lowest BCUT2D eigenvalue weighted by molar-refractivity contribution is -0.116. The maximum absolute atomic E-state index is 12.1. The van der Waals surface area contributed by atoms with E-state index in [4.69, 9.17) is 0 Å². The van der Waals surface area contributed by atoms with Crippen LogP contribution >= 0.6 is 11.8 Å². The second kappa shape index (κ2) is 7.41. The average Bonchev–Trinajstić information content (AvgIpc) is 2.60. The molecule has 0 aliphatic carbocycles. The summed E-state index contributed by atoms with van der Waals surface area (Å²) in [4.78, 5) is 21.3. The molecule has 1 unspecified atom stereocenters. The summed E-state index contributed by atoms with van der Waals surface area (Å²) in [6, 6.07) is 21.7. The summed E-state index contributed by atoms with van der Waals surface area (Å²) in [6.07, 6.45) is 0. The van der Waals surface area contributed by atoms with Gasteiger partial charge in [-0.3, -0.25) is 4.79 Å². The van der Waals surface area contributed by atoms with E-state index in [1.54, 1.807) is 6.92 Å². The van der Waals surface area contributed by atoms with Crippen LogP contribution in [0.1, 0.15) is 23.4 Å². The highest BCUT2D eigenvalue weighted by Gasteiger charge is 2.20. The lowest BCUT2D eigenvalue weighted by atomic mass is 10.1. The summed E-state index contributed by atoms with van der Waals surface area (Å²) < 4.78 is 0. The molecule has 2 aromatic carbocycles. The summed E-state index contributed by atoms with van der Waals surface area (Å²) in [5.41, 5.74) is 3.79. The normalized spacial score (nSPS) is 11.9. The van der Waals surface area contributed by atoms with Crippen LogP contribution in [0.15, 0.2) is 71.9 Å². The number of benzene rings is 2. The maximum atomic E-state index is 12.1. The molecule has 3 rings (SSSR count). The Hall–Kier alpha value is -2.46. The Balaban J connectivity index is 1.94. The smallest absolute Gasteiger partial charge is 0.189 e. The van der Waals surface area contributed by atoms with E-state index in [0.29, 0.717) is 5.16 Å². The summed E-state index contributed by atoms with van der Waals surface area (Å²) in [5, 5.41) is 0.328. The molecule has 0 fully saturated rings. The molecule has 0 bridgehead atoms. The van der Waals surface area contributed by atoms with E-state index in [9.17, 15) is 4.79 Å². The van der Waals surface area contributed by atoms with Crippen molar-refractivity contribution in [2.75, 3.05) is 0 Å². The highest BCUT2D eigenvalue weighted by molar-refractivity contribution is 8.00. The van der Waals surface area contributed by atoms with Gasteiger partial charge in [0.25, 0.3) is 0 Å². The Kier molecular flexibility index (Phi) is 5.06. The first-order valence-corrected chi connectivity index (χ1v) is 8.64. The molecular formula is C20H18N2OS. The number of rotatable bonds is 5. The van der Waals surface area contributed by atoms with Crippen molar-refractivity contribution < 1.29 is 4.79 Å². The number of carbonyl (C=O) groups is 1. The second-order valence-corrected chi connectivity index (χ2v) is 6.63. The number of thioether (sulfide) groups is 1. The maximum Gasteiger partial charge on any atom is 0.189 e. The zero-order valence-electron chi connectivity index (χ0n) is 13.6. The van der Waals surface area contributed by atoms with Crippen molar-refractivity contribution in [2.24, 2.45) is 0 Å². The predicted octanol–water partition coefficient (Wildman–Crippen LogP) is 4.87. The number of Topliss-reactive ketones (excluding diaryl/α,β-unsaturated/α-hetero) is 1. The van der Waals surface area contributed by atoms with Gasteiger partial charge < -0.3 is 0 Å². The SMILES string of the molecule is CC(=O)C(Sc1nc(C)cc(-c2ccccc2)n1)c1ccccc1. The average molecular weight is 334 g/mol. The molecular weight excluding hydrogens is 316 g/mol. The van der Waals surface area contributed by atoms with Crippen molar-refractivity contribution in [1.82, 2.24) is 9.97 Å². The number of aromatic nitrogens is 2. The Labute approximate surface area is 146 Å². The van der Waals surface area contributed by atoms with Gasteiger partial charge in [0.15, 0.2) is 5.16 Å². The Morgan fingerprint density at radius 1 is 0.958 bits per heavy atom. The first kappa shape index (κ1) is 16.4. The highest BCUT2D eigenvalue weighted by Crippen LogP contribution is 2.35. The molecule has 3 aromatic rings. The molecule has 1 aromatic heterocycles. The van der Waals surface area contributed by atoms with Crippen LogP contribution in [0.2, 0.25) is 0 Å². The molecule has 1 atom stereocenters. The molecule has 0 saturated carbocycles. The van der Waals surface area contributed by atoms with E-state index in [0.717, 1.165) is 22.5 Å². The van der Waals surface area contributed by atoms with Gasteiger partial charge in [0.2, 0.25) is 0 Å². The molecule has 3 nitrogen and oxygen atoms in total. The molecule has 120 valence electrons. The van der Waals surface area contributed by atoms with Gasteiger partial charge in [0.1, 0.15) is 5.78 Å². The quantitative estimate of drug-likeness (QED) is 0.493. The van der Waals surface area contributed by atoms with Crippen LogP contribution in [0.5, 0.6) is 0 Å². The Morgan fingerprint density at radius 3 is 2.21 bits per heavy atom. The van der Waals surface area contributed by atoms with Gasteiger partial charge in [-0.1, -0.05) is 72.4 Å². The van der Waals surface area contributed by atoms with Crippen molar-refractivity contribution in [2.45, 2.75) is 24.3 Å². The van der Waals surface area contributed by atoms with E-state index in [1.165, 1.54) is 11.8 Å². The van der Waals surface area contributed by atoms with Gasteiger partial charge >= 0.3 is 0 Å². The molecule has 1 heterocycles. The summed E-state index contributed by atoms with van der Waals surface area (Å²) in [6.45, 7) is 3.56. The van der Waals surface area contributed by atoms with Crippen LogP contribution in [-0.4, -0.2) is 15.8 Å². The standard InChI is InChI=1S/C20H18N2OS/c1-14-13-18(16-9-5-3-6-10-16)22-20(21-14)24-19(15(2)23)17-11-7-4-8-12-17/h3-13,19H,1-2H3. The van der Waals surface area contributed by atoms with Crippen molar-refractivity contribution in [3.05, 3.63) is 78.0 Å². The summed E-state index contributed by atoms with van der Waals surface area (Å²) in [7, 11) is 0. The third-order valence-electron chi connectivity index (χ3n) is 3.60. The van der Waals surface area contributed by atoms with Crippen molar-refractivity contribution in [1.29, 1.82) is 0 Å². The molecule has 0 N–H and O–H groups in total. The third kappa shape index (κ3) is 3.89. The zero-order chi connectivity index (χ0) is 16.9.